The maximum atomic E-state index is 5.88. The Hall–Kier alpha value is -1.24. The smallest absolute Gasteiger partial charge is 0.247 e. The SMILES string of the molecule is N[C@H]1CCN(Cc2nnc(-c3ccc(Br)cc3)o2)C1. The Morgan fingerprint density at radius 2 is 2.11 bits per heavy atom. The van der Waals surface area contributed by atoms with Crippen molar-refractivity contribution < 1.29 is 4.42 Å². The first-order chi connectivity index (χ1) is 9.20. The molecule has 0 bridgehead atoms. The molecule has 1 atom stereocenters. The fraction of sp³-hybridized carbons (Fsp3) is 0.385. The molecule has 6 heteroatoms. The molecule has 1 aromatic heterocycles. The fourth-order valence-electron chi connectivity index (χ4n) is 2.22. The number of hydrogen-bond donors (Lipinski definition) is 1. The molecule has 0 radical (unpaired) electrons. The summed E-state index contributed by atoms with van der Waals surface area (Å²) in [6.07, 6.45) is 1.04. The molecular weight excluding hydrogens is 308 g/mol. The molecule has 100 valence electrons. The lowest BCUT2D eigenvalue weighted by molar-refractivity contribution is 0.289. The maximum Gasteiger partial charge on any atom is 0.247 e. The normalized spacial score (nSPS) is 20.0. The highest BCUT2D eigenvalue weighted by Gasteiger charge is 2.21. The number of nitrogens with two attached hydrogens (primary N) is 1. The van der Waals surface area contributed by atoms with Gasteiger partial charge in [-0.05, 0) is 30.7 Å². The van der Waals surface area contributed by atoms with Crippen LogP contribution in [0.1, 0.15) is 12.3 Å². The molecule has 1 saturated heterocycles. The van der Waals surface area contributed by atoms with E-state index in [4.69, 9.17) is 10.2 Å². The van der Waals surface area contributed by atoms with Crippen molar-refractivity contribution in [2.45, 2.75) is 19.0 Å². The van der Waals surface area contributed by atoms with Crippen LogP contribution in [0.5, 0.6) is 0 Å². The van der Waals surface area contributed by atoms with E-state index < -0.39 is 0 Å². The summed E-state index contributed by atoms with van der Waals surface area (Å²) in [5.74, 6) is 1.21. The van der Waals surface area contributed by atoms with Gasteiger partial charge >= 0.3 is 0 Å². The van der Waals surface area contributed by atoms with Crippen molar-refractivity contribution in [1.29, 1.82) is 0 Å². The van der Waals surface area contributed by atoms with E-state index in [-0.39, 0.29) is 6.04 Å². The Morgan fingerprint density at radius 1 is 1.32 bits per heavy atom. The highest BCUT2D eigenvalue weighted by Crippen LogP contribution is 2.21. The van der Waals surface area contributed by atoms with Crippen molar-refractivity contribution in [2.24, 2.45) is 5.73 Å². The summed E-state index contributed by atoms with van der Waals surface area (Å²) in [7, 11) is 0. The zero-order valence-corrected chi connectivity index (χ0v) is 12.0. The molecule has 1 aliphatic rings. The van der Waals surface area contributed by atoms with Gasteiger partial charge in [0.2, 0.25) is 11.8 Å². The lowest BCUT2D eigenvalue weighted by atomic mass is 10.2. The topological polar surface area (TPSA) is 68.2 Å². The van der Waals surface area contributed by atoms with Gasteiger partial charge in [0.15, 0.2) is 0 Å². The molecule has 1 aliphatic heterocycles. The molecule has 2 heterocycles. The van der Waals surface area contributed by atoms with Gasteiger partial charge in [-0.3, -0.25) is 4.90 Å². The first kappa shape index (κ1) is 12.8. The summed E-state index contributed by atoms with van der Waals surface area (Å²) in [6, 6.07) is 8.09. The van der Waals surface area contributed by atoms with E-state index in [1.807, 2.05) is 24.3 Å². The number of benzene rings is 1. The molecule has 0 spiro atoms. The Kier molecular flexibility index (Phi) is 3.63. The third kappa shape index (κ3) is 3.02. The summed E-state index contributed by atoms with van der Waals surface area (Å²) < 4.78 is 6.72. The largest absolute Gasteiger partial charge is 0.419 e. The van der Waals surface area contributed by atoms with Crippen molar-refractivity contribution in [3.8, 4) is 11.5 Å². The number of likely N-dealkylation sites (tertiary alicyclic amines) is 1. The summed E-state index contributed by atoms with van der Waals surface area (Å²) in [5.41, 5.74) is 6.81. The number of nitrogens with zero attached hydrogens (tertiary/aromatic N) is 3. The van der Waals surface area contributed by atoms with Crippen LogP contribution >= 0.6 is 15.9 Å². The van der Waals surface area contributed by atoms with Crippen LogP contribution in [0.4, 0.5) is 0 Å². The van der Waals surface area contributed by atoms with Crippen molar-refractivity contribution >= 4 is 15.9 Å². The second-order valence-corrected chi connectivity index (χ2v) is 5.71. The van der Waals surface area contributed by atoms with Gasteiger partial charge in [-0.15, -0.1) is 10.2 Å². The van der Waals surface area contributed by atoms with Gasteiger partial charge in [0, 0.05) is 29.2 Å². The van der Waals surface area contributed by atoms with Crippen LogP contribution in [0, 0.1) is 0 Å². The molecule has 0 saturated carbocycles. The van der Waals surface area contributed by atoms with E-state index in [2.05, 4.69) is 31.0 Å². The lowest BCUT2D eigenvalue weighted by Gasteiger charge is -2.11. The molecule has 3 rings (SSSR count). The Labute approximate surface area is 119 Å². The molecular formula is C13H15BrN4O. The summed E-state index contributed by atoms with van der Waals surface area (Å²) in [5, 5.41) is 8.18. The van der Waals surface area contributed by atoms with E-state index >= 15 is 0 Å². The van der Waals surface area contributed by atoms with Crippen molar-refractivity contribution in [1.82, 2.24) is 15.1 Å². The van der Waals surface area contributed by atoms with Gasteiger partial charge in [-0.2, -0.15) is 0 Å². The minimum atomic E-state index is 0.272. The van der Waals surface area contributed by atoms with Crippen LogP contribution in [0.15, 0.2) is 33.2 Å². The predicted octanol–water partition coefficient (Wildman–Crippen LogP) is 2.03. The monoisotopic (exact) mass is 322 g/mol. The van der Waals surface area contributed by atoms with Crippen LogP contribution in [-0.4, -0.2) is 34.2 Å². The first-order valence-corrected chi connectivity index (χ1v) is 7.06. The summed E-state index contributed by atoms with van der Waals surface area (Å²) >= 11 is 3.40. The third-order valence-electron chi connectivity index (χ3n) is 3.23. The molecule has 0 unspecified atom stereocenters. The van der Waals surface area contributed by atoms with Crippen molar-refractivity contribution in [3.05, 3.63) is 34.6 Å². The average Bonchev–Trinajstić information content (AvgIpc) is 3.00. The van der Waals surface area contributed by atoms with Crippen molar-refractivity contribution in [3.63, 3.8) is 0 Å². The highest BCUT2D eigenvalue weighted by atomic mass is 79.9. The van der Waals surface area contributed by atoms with Crippen LogP contribution in [-0.2, 0) is 6.54 Å². The molecule has 1 aromatic carbocycles. The fourth-order valence-corrected chi connectivity index (χ4v) is 2.49. The number of aromatic nitrogens is 2. The van der Waals surface area contributed by atoms with E-state index in [0.717, 1.165) is 29.5 Å². The Morgan fingerprint density at radius 3 is 2.79 bits per heavy atom. The molecule has 0 aliphatic carbocycles. The van der Waals surface area contributed by atoms with Gasteiger partial charge in [0.1, 0.15) is 0 Å². The van der Waals surface area contributed by atoms with Gasteiger partial charge in [-0.25, -0.2) is 0 Å². The van der Waals surface area contributed by atoms with Gasteiger partial charge < -0.3 is 10.2 Å². The molecule has 1 fully saturated rings. The van der Waals surface area contributed by atoms with E-state index in [0.29, 0.717) is 18.3 Å². The summed E-state index contributed by atoms with van der Waals surface area (Å²) in [4.78, 5) is 2.24. The van der Waals surface area contributed by atoms with Crippen LogP contribution < -0.4 is 5.73 Å². The number of halogens is 1. The lowest BCUT2D eigenvalue weighted by Crippen LogP contribution is -2.26. The molecule has 2 aromatic rings. The minimum Gasteiger partial charge on any atom is -0.419 e. The van der Waals surface area contributed by atoms with Crippen LogP contribution in [0.25, 0.3) is 11.5 Å². The van der Waals surface area contributed by atoms with Gasteiger partial charge in [0.05, 0.1) is 6.54 Å². The van der Waals surface area contributed by atoms with Gasteiger partial charge in [0.25, 0.3) is 0 Å². The molecule has 19 heavy (non-hydrogen) atoms. The quantitative estimate of drug-likeness (QED) is 0.936. The number of rotatable bonds is 3. The number of hydrogen-bond acceptors (Lipinski definition) is 5. The van der Waals surface area contributed by atoms with E-state index in [1.54, 1.807) is 0 Å². The second-order valence-electron chi connectivity index (χ2n) is 4.79. The predicted molar refractivity (Wildman–Crippen MR) is 75.3 cm³/mol. The Balaban J connectivity index is 1.71. The zero-order valence-electron chi connectivity index (χ0n) is 10.4. The van der Waals surface area contributed by atoms with Gasteiger partial charge in [-0.1, -0.05) is 15.9 Å². The van der Waals surface area contributed by atoms with E-state index in [1.165, 1.54) is 0 Å². The van der Waals surface area contributed by atoms with E-state index in [9.17, 15) is 0 Å². The summed E-state index contributed by atoms with van der Waals surface area (Å²) in [6.45, 7) is 2.57. The van der Waals surface area contributed by atoms with Crippen LogP contribution in [0.3, 0.4) is 0 Å². The van der Waals surface area contributed by atoms with Crippen LogP contribution in [0.2, 0.25) is 0 Å². The average molecular weight is 323 g/mol. The molecule has 5 nitrogen and oxygen atoms in total. The standard InChI is InChI=1S/C13H15BrN4O/c14-10-3-1-9(2-4-10)13-17-16-12(19-13)8-18-6-5-11(15)7-18/h1-4,11H,5-8,15H2/t11-/m0/s1. The maximum absolute atomic E-state index is 5.88. The second kappa shape index (κ2) is 5.40. The third-order valence-corrected chi connectivity index (χ3v) is 3.75. The minimum absolute atomic E-state index is 0.272. The molecule has 0 amide bonds. The zero-order chi connectivity index (χ0) is 13.2. The highest BCUT2D eigenvalue weighted by molar-refractivity contribution is 9.10. The molecule has 2 N–H and O–H groups in total. The Bertz CT molecular complexity index is 554. The van der Waals surface area contributed by atoms with Crippen molar-refractivity contribution in [2.75, 3.05) is 13.1 Å². The first-order valence-electron chi connectivity index (χ1n) is 6.27.